The number of urea groups is 1. The molecule has 30 heavy (non-hydrogen) atoms. The molecule has 5 nitrogen and oxygen atoms in total. The predicted molar refractivity (Wildman–Crippen MR) is 107 cm³/mol. The van der Waals surface area contributed by atoms with Crippen LogP contribution in [0, 0.1) is 11.3 Å². The van der Waals surface area contributed by atoms with Gasteiger partial charge in [0.2, 0.25) is 0 Å². The number of primary amides is 1. The van der Waals surface area contributed by atoms with Crippen molar-refractivity contribution in [2.24, 2.45) is 5.73 Å². The second-order valence-corrected chi connectivity index (χ2v) is 6.74. The Hall–Kier alpha value is -3.57. The zero-order valence-corrected chi connectivity index (χ0v) is 16.1. The number of carbonyl (C=O) groups excluding carboxylic acids is 1. The van der Waals surface area contributed by atoms with Crippen molar-refractivity contribution in [1.29, 1.82) is 5.26 Å². The first-order valence-electron chi connectivity index (χ1n) is 8.58. The normalized spacial score (nSPS) is 11.0. The lowest BCUT2D eigenvalue weighted by Gasteiger charge is -2.22. The third-order valence-corrected chi connectivity index (χ3v) is 4.64. The van der Waals surface area contributed by atoms with Gasteiger partial charge >= 0.3 is 12.2 Å². The molecule has 3 rings (SSSR count). The van der Waals surface area contributed by atoms with Gasteiger partial charge in [-0.2, -0.15) is 18.4 Å². The van der Waals surface area contributed by atoms with E-state index < -0.39 is 22.8 Å². The third-order valence-electron chi connectivity index (χ3n) is 4.31. The summed E-state index contributed by atoms with van der Waals surface area (Å²) in [5.74, 6) is 0. The topological polar surface area (TPSA) is 83.0 Å². The summed E-state index contributed by atoms with van der Waals surface area (Å²) in [6, 6.07) is 14.5. The van der Waals surface area contributed by atoms with Gasteiger partial charge in [0, 0.05) is 17.4 Å². The van der Waals surface area contributed by atoms with Crippen LogP contribution in [0.1, 0.15) is 16.8 Å². The van der Waals surface area contributed by atoms with Crippen LogP contribution < -0.4 is 10.6 Å². The lowest BCUT2D eigenvalue weighted by atomic mass is 10.0. The molecule has 2 N–H and O–H groups in total. The average molecular weight is 431 g/mol. The highest BCUT2D eigenvalue weighted by molar-refractivity contribution is 6.31. The van der Waals surface area contributed by atoms with E-state index in [9.17, 15) is 18.0 Å². The van der Waals surface area contributed by atoms with Crippen molar-refractivity contribution in [1.82, 2.24) is 4.98 Å². The molecule has 0 spiro atoms. The maximum atomic E-state index is 13.2. The van der Waals surface area contributed by atoms with Crippen LogP contribution in [0.5, 0.6) is 0 Å². The first kappa shape index (κ1) is 21.1. The van der Waals surface area contributed by atoms with Gasteiger partial charge in [-0.05, 0) is 47.5 Å². The van der Waals surface area contributed by atoms with Crippen LogP contribution in [0.15, 0.2) is 60.8 Å². The van der Waals surface area contributed by atoms with Gasteiger partial charge in [-0.3, -0.25) is 4.90 Å². The Morgan fingerprint density at radius 3 is 2.50 bits per heavy atom. The van der Waals surface area contributed by atoms with Crippen LogP contribution in [-0.4, -0.2) is 11.0 Å². The fraction of sp³-hybridized carbons (Fsp3) is 0.0952. The zero-order chi connectivity index (χ0) is 21.9. The van der Waals surface area contributed by atoms with E-state index in [1.165, 1.54) is 6.07 Å². The number of aromatic nitrogens is 1. The van der Waals surface area contributed by atoms with E-state index in [-0.39, 0.29) is 17.9 Å². The summed E-state index contributed by atoms with van der Waals surface area (Å²) in [4.78, 5) is 17.0. The van der Waals surface area contributed by atoms with Crippen molar-refractivity contribution < 1.29 is 18.0 Å². The zero-order valence-electron chi connectivity index (χ0n) is 15.3. The Balaban J connectivity index is 1.93. The monoisotopic (exact) mass is 430 g/mol. The van der Waals surface area contributed by atoms with Crippen LogP contribution >= 0.6 is 11.6 Å². The number of nitrogens with zero attached hydrogens (tertiary/aromatic N) is 3. The number of hydrogen-bond acceptors (Lipinski definition) is 3. The smallest absolute Gasteiger partial charge is 0.351 e. The van der Waals surface area contributed by atoms with Crippen LogP contribution in [-0.2, 0) is 12.7 Å². The molecule has 0 saturated carbocycles. The average Bonchev–Trinajstić information content (AvgIpc) is 2.72. The number of hydrogen-bond donors (Lipinski definition) is 1. The van der Waals surface area contributed by atoms with Gasteiger partial charge in [-0.1, -0.05) is 29.8 Å². The molecule has 0 aliphatic rings. The number of benzene rings is 2. The van der Waals surface area contributed by atoms with Crippen molar-refractivity contribution in [2.75, 3.05) is 4.90 Å². The van der Waals surface area contributed by atoms with E-state index in [1.54, 1.807) is 36.5 Å². The molecular weight excluding hydrogens is 417 g/mol. The maximum Gasteiger partial charge on any atom is 0.417 e. The third kappa shape index (κ3) is 4.70. The molecule has 0 radical (unpaired) electrons. The Bertz CT molecular complexity index is 1120. The van der Waals surface area contributed by atoms with Gasteiger partial charge in [0.05, 0.1) is 17.1 Å². The molecule has 0 unspecified atom stereocenters. The lowest BCUT2D eigenvalue weighted by molar-refractivity contribution is -0.137. The fourth-order valence-electron chi connectivity index (χ4n) is 2.86. The number of alkyl halides is 3. The van der Waals surface area contributed by atoms with Crippen molar-refractivity contribution >= 4 is 23.3 Å². The minimum absolute atomic E-state index is 0.0235. The van der Waals surface area contributed by atoms with Gasteiger partial charge in [-0.25, -0.2) is 9.78 Å². The molecule has 0 atom stereocenters. The summed E-state index contributed by atoms with van der Waals surface area (Å²) < 4.78 is 39.5. The van der Waals surface area contributed by atoms with E-state index in [0.29, 0.717) is 5.56 Å². The second kappa shape index (κ2) is 8.43. The highest BCUT2D eigenvalue weighted by Crippen LogP contribution is 2.37. The highest BCUT2D eigenvalue weighted by Gasteiger charge is 2.34. The van der Waals surface area contributed by atoms with Crippen LogP contribution in [0.4, 0.5) is 23.7 Å². The number of nitriles is 1. The quantitative estimate of drug-likeness (QED) is 0.603. The molecule has 1 aromatic heterocycles. The lowest BCUT2D eigenvalue weighted by Crippen LogP contribution is -2.35. The molecule has 0 bridgehead atoms. The molecule has 0 saturated heterocycles. The summed E-state index contributed by atoms with van der Waals surface area (Å²) >= 11 is 5.65. The minimum atomic E-state index is -4.67. The molecule has 3 aromatic rings. The van der Waals surface area contributed by atoms with Crippen molar-refractivity contribution in [3.05, 3.63) is 82.6 Å². The van der Waals surface area contributed by atoms with Gasteiger partial charge in [0.1, 0.15) is 11.8 Å². The predicted octanol–water partition coefficient (Wildman–Crippen LogP) is 5.38. The first-order valence-corrected chi connectivity index (χ1v) is 8.96. The largest absolute Gasteiger partial charge is 0.417 e. The number of nitrogens with two attached hydrogens (primary N) is 1. The van der Waals surface area contributed by atoms with Gasteiger partial charge in [0.25, 0.3) is 0 Å². The molecule has 9 heteroatoms. The maximum absolute atomic E-state index is 13.2. The summed E-state index contributed by atoms with van der Waals surface area (Å²) in [7, 11) is 0. The molecular formula is C21H14ClF3N4O. The number of amides is 2. The van der Waals surface area contributed by atoms with Crippen molar-refractivity contribution in [3.63, 3.8) is 0 Å². The first-order chi connectivity index (χ1) is 14.2. The van der Waals surface area contributed by atoms with Gasteiger partial charge in [-0.15, -0.1) is 0 Å². The minimum Gasteiger partial charge on any atom is -0.351 e. The van der Waals surface area contributed by atoms with Gasteiger partial charge < -0.3 is 5.73 Å². The second-order valence-electron chi connectivity index (χ2n) is 6.33. The van der Waals surface area contributed by atoms with Crippen LogP contribution in [0.3, 0.4) is 0 Å². The van der Waals surface area contributed by atoms with Crippen LogP contribution in [0.25, 0.3) is 11.1 Å². The van der Waals surface area contributed by atoms with E-state index in [2.05, 4.69) is 4.98 Å². The SMILES string of the molecule is N#Cc1ccc(-c2cccc(CN(C(N)=O)c3ccc(Cl)c(C(F)(F)F)c3)c2)cn1. The molecule has 0 fully saturated rings. The Kier molecular flexibility index (Phi) is 5.94. The van der Waals surface area contributed by atoms with E-state index in [0.717, 1.165) is 28.2 Å². The summed E-state index contributed by atoms with van der Waals surface area (Å²) in [6.07, 6.45) is -3.13. The summed E-state index contributed by atoms with van der Waals surface area (Å²) in [5.41, 5.74) is 6.77. The fourth-order valence-corrected chi connectivity index (χ4v) is 3.08. The van der Waals surface area contributed by atoms with E-state index >= 15 is 0 Å². The molecule has 0 aliphatic heterocycles. The summed E-state index contributed by atoms with van der Waals surface area (Å²) in [5, 5.41) is 8.38. The molecule has 2 amide bonds. The standard InChI is InChI=1S/C21H14ClF3N4O/c22-19-7-6-17(9-18(19)21(23,24)25)29(20(27)30)12-13-2-1-3-14(8-13)15-4-5-16(10-26)28-11-15/h1-9,11H,12H2,(H2,27,30). The van der Waals surface area contributed by atoms with Gasteiger partial charge in [0.15, 0.2) is 0 Å². The van der Waals surface area contributed by atoms with E-state index in [1.807, 2.05) is 12.1 Å². The number of pyridine rings is 1. The molecule has 152 valence electrons. The molecule has 0 aliphatic carbocycles. The number of rotatable bonds is 4. The Labute approximate surface area is 175 Å². The van der Waals surface area contributed by atoms with E-state index in [4.69, 9.17) is 22.6 Å². The molecule has 1 heterocycles. The Morgan fingerprint density at radius 2 is 1.90 bits per heavy atom. The number of carbonyl (C=O) groups is 1. The van der Waals surface area contributed by atoms with Crippen LogP contribution in [0.2, 0.25) is 5.02 Å². The van der Waals surface area contributed by atoms with Crippen molar-refractivity contribution in [2.45, 2.75) is 12.7 Å². The highest BCUT2D eigenvalue weighted by atomic mass is 35.5. The van der Waals surface area contributed by atoms with Crippen molar-refractivity contribution in [3.8, 4) is 17.2 Å². The number of anilines is 1. The number of halogens is 4. The summed E-state index contributed by atoms with van der Waals surface area (Å²) in [6.45, 7) is -0.0498. The Morgan fingerprint density at radius 1 is 1.13 bits per heavy atom. The molecule has 2 aromatic carbocycles.